The Labute approximate surface area is 128 Å². The summed E-state index contributed by atoms with van der Waals surface area (Å²) in [5.74, 6) is 2.59. The van der Waals surface area contributed by atoms with Crippen LogP contribution in [-0.2, 0) is 4.79 Å². The van der Waals surface area contributed by atoms with Gasteiger partial charge in [-0.2, -0.15) is 0 Å². The highest BCUT2D eigenvalue weighted by Crippen LogP contribution is 2.49. The van der Waals surface area contributed by atoms with Crippen molar-refractivity contribution in [3.63, 3.8) is 0 Å². The summed E-state index contributed by atoms with van der Waals surface area (Å²) in [6.45, 7) is 4.11. The number of nitrogens with one attached hydrogen (secondary N) is 1. The molecule has 5 atom stereocenters. The van der Waals surface area contributed by atoms with Gasteiger partial charge in [0.25, 0.3) is 0 Å². The molecule has 3 rings (SSSR count). The summed E-state index contributed by atoms with van der Waals surface area (Å²) >= 11 is 2.97. The van der Waals surface area contributed by atoms with Gasteiger partial charge >= 0.3 is 0 Å². The van der Waals surface area contributed by atoms with Crippen molar-refractivity contribution in [2.45, 2.75) is 55.2 Å². The number of rotatable bonds is 5. The Morgan fingerprint density at radius 1 is 1.45 bits per heavy atom. The van der Waals surface area contributed by atoms with E-state index in [2.05, 4.69) is 22.4 Å². The first-order valence-electron chi connectivity index (χ1n) is 7.36. The van der Waals surface area contributed by atoms with Gasteiger partial charge in [0.2, 0.25) is 5.91 Å². The third-order valence-corrected chi connectivity index (χ3v) is 6.70. The Bertz CT molecular complexity index is 465. The number of carbonyl (C=O) groups is 1. The molecule has 2 bridgehead atoms. The molecule has 2 fully saturated rings. The second-order valence-corrected chi connectivity index (χ2v) is 8.52. The topological polar surface area (TPSA) is 54.9 Å². The quantitative estimate of drug-likeness (QED) is 0.850. The first kappa shape index (κ1) is 14.3. The van der Waals surface area contributed by atoms with E-state index in [0.29, 0.717) is 12.0 Å². The maximum absolute atomic E-state index is 12.3. The molecular weight excluding hydrogens is 290 g/mol. The maximum Gasteiger partial charge on any atom is 0.233 e. The summed E-state index contributed by atoms with van der Waals surface area (Å²) in [4.78, 5) is 12.3. The van der Waals surface area contributed by atoms with Crippen LogP contribution < -0.4 is 5.32 Å². The Hall–Kier alpha value is -0.620. The fraction of sp³-hybridized carbons (Fsp3) is 0.786. The lowest BCUT2D eigenvalue weighted by atomic mass is 9.84. The van der Waals surface area contributed by atoms with Crippen molar-refractivity contribution >= 4 is 29.0 Å². The number of nitrogens with zero attached hydrogens (tertiary/aromatic N) is 2. The van der Waals surface area contributed by atoms with Crippen molar-refractivity contribution < 1.29 is 4.79 Å². The van der Waals surface area contributed by atoms with E-state index in [4.69, 9.17) is 0 Å². The van der Waals surface area contributed by atoms with Crippen molar-refractivity contribution in [3.05, 3.63) is 5.51 Å². The summed E-state index contributed by atoms with van der Waals surface area (Å²) < 4.78 is 0.861. The van der Waals surface area contributed by atoms with E-state index in [9.17, 15) is 4.79 Å². The van der Waals surface area contributed by atoms with E-state index < -0.39 is 0 Å². The summed E-state index contributed by atoms with van der Waals surface area (Å²) in [5.41, 5.74) is 1.70. The zero-order valence-electron chi connectivity index (χ0n) is 11.9. The smallest absolute Gasteiger partial charge is 0.233 e. The largest absolute Gasteiger partial charge is 0.352 e. The number of thioether (sulfide) groups is 1. The Balaban J connectivity index is 1.50. The van der Waals surface area contributed by atoms with Crippen molar-refractivity contribution in [2.75, 3.05) is 0 Å². The van der Waals surface area contributed by atoms with E-state index in [1.165, 1.54) is 48.8 Å². The average molecular weight is 311 g/mol. The molecule has 0 radical (unpaired) electrons. The van der Waals surface area contributed by atoms with E-state index in [0.717, 1.165) is 16.2 Å². The van der Waals surface area contributed by atoms with Crippen molar-refractivity contribution in [1.29, 1.82) is 0 Å². The molecule has 2 aliphatic carbocycles. The molecular formula is C14H21N3OS2. The van der Waals surface area contributed by atoms with Gasteiger partial charge < -0.3 is 5.32 Å². The first-order valence-corrected chi connectivity index (χ1v) is 9.12. The van der Waals surface area contributed by atoms with E-state index in [1.807, 2.05) is 6.92 Å². The molecule has 1 amide bonds. The van der Waals surface area contributed by atoms with Gasteiger partial charge in [-0.1, -0.05) is 29.5 Å². The minimum atomic E-state index is -0.107. The lowest BCUT2D eigenvalue weighted by molar-refractivity contribution is -0.121. The van der Waals surface area contributed by atoms with Gasteiger partial charge in [-0.05, 0) is 50.9 Å². The molecule has 4 nitrogen and oxygen atoms in total. The van der Waals surface area contributed by atoms with E-state index >= 15 is 0 Å². The molecule has 2 saturated carbocycles. The third kappa shape index (κ3) is 3.01. The predicted molar refractivity (Wildman–Crippen MR) is 81.8 cm³/mol. The van der Waals surface area contributed by atoms with Gasteiger partial charge in [-0.3, -0.25) is 4.79 Å². The van der Waals surface area contributed by atoms with E-state index in [-0.39, 0.29) is 11.2 Å². The molecule has 1 aromatic heterocycles. The number of amides is 1. The van der Waals surface area contributed by atoms with Crippen LogP contribution in [0.3, 0.4) is 0 Å². The highest BCUT2D eigenvalue weighted by atomic mass is 32.2. The fourth-order valence-electron chi connectivity index (χ4n) is 3.77. The molecule has 0 aliphatic heterocycles. The first-order chi connectivity index (χ1) is 9.63. The average Bonchev–Trinajstić information content (AvgIpc) is 3.15. The zero-order valence-corrected chi connectivity index (χ0v) is 13.5. The molecule has 2 aliphatic rings. The lowest BCUT2D eigenvalue weighted by Crippen LogP contribution is -2.43. The van der Waals surface area contributed by atoms with Crippen LogP contribution in [0.15, 0.2) is 9.85 Å². The number of hydrogen-bond acceptors (Lipinski definition) is 5. The molecule has 1 heterocycles. The van der Waals surface area contributed by atoms with Gasteiger partial charge in [0.05, 0.1) is 5.25 Å². The Kier molecular flexibility index (Phi) is 4.31. The van der Waals surface area contributed by atoms with Crippen LogP contribution in [0.5, 0.6) is 0 Å². The van der Waals surface area contributed by atoms with Crippen LogP contribution in [0.2, 0.25) is 0 Å². The van der Waals surface area contributed by atoms with Crippen LogP contribution >= 0.6 is 23.1 Å². The molecule has 110 valence electrons. The molecule has 6 heteroatoms. The lowest BCUT2D eigenvalue weighted by Gasteiger charge is -2.29. The van der Waals surface area contributed by atoms with Gasteiger partial charge in [-0.25, -0.2) is 0 Å². The highest BCUT2D eigenvalue weighted by Gasteiger charge is 2.42. The minimum Gasteiger partial charge on any atom is -0.352 e. The molecule has 0 saturated heterocycles. The zero-order chi connectivity index (χ0) is 14.1. The number of fused-ring (bicyclic) bond motifs is 2. The SMILES string of the molecule is C[C@H](Sc1nncs1)C(=O)N[C@H](C)[C@H]1C[C@H]2CC[C@H]1C2. The third-order valence-electron chi connectivity index (χ3n) is 4.79. The molecule has 0 unspecified atom stereocenters. The standard InChI is InChI=1S/C14H21N3OS2/c1-8(12-6-10-3-4-11(12)5-10)16-13(18)9(2)20-14-17-15-7-19-14/h7-12H,3-6H2,1-2H3,(H,16,18)/t8-,9+,10+,11+,12-/m1/s1. The number of hydrogen-bond donors (Lipinski definition) is 1. The van der Waals surface area contributed by atoms with E-state index in [1.54, 1.807) is 5.51 Å². The Morgan fingerprint density at radius 2 is 2.30 bits per heavy atom. The normalized spacial score (nSPS) is 31.2. The van der Waals surface area contributed by atoms with Crippen LogP contribution in [0.1, 0.15) is 39.5 Å². The fourth-order valence-corrected chi connectivity index (χ4v) is 5.41. The van der Waals surface area contributed by atoms with Crippen molar-refractivity contribution in [3.8, 4) is 0 Å². The second-order valence-electron chi connectivity index (χ2n) is 6.10. The molecule has 0 aromatic carbocycles. The van der Waals surface area contributed by atoms with Crippen LogP contribution in [0.4, 0.5) is 0 Å². The molecule has 1 N–H and O–H groups in total. The highest BCUT2D eigenvalue weighted by molar-refractivity contribution is 8.02. The Morgan fingerprint density at radius 3 is 2.90 bits per heavy atom. The summed E-state index contributed by atoms with van der Waals surface area (Å²) in [6.07, 6.45) is 5.47. The van der Waals surface area contributed by atoms with Crippen LogP contribution in [0.25, 0.3) is 0 Å². The molecule has 20 heavy (non-hydrogen) atoms. The minimum absolute atomic E-state index is 0.107. The van der Waals surface area contributed by atoms with Gasteiger partial charge in [0.15, 0.2) is 4.34 Å². The summed E-state index contributed by atoms with van der Waals surface area (Å²) in [5, 5.41) is 10.9. The molecule has 1 aromatic rings. The summed E-state index contributed by atoms with van der Waals surface area (Å²) in [6, 6.07) is 0.301. The predicted octanol–water partition coefficient (Wildman–Crippen LogP) is 2.96. The maximum atomic E-state index is 12.3. The van der Waals surface area contributed by atoms with Gasteiger partial charge in [-0.15, -0.1) is 10.2 Å². The van der Waals surface area contributed by atoms with Gasteiger partial charge in [0, 0.05) is 6.04 Å². The number of aromatic nitrogens is 2. The number of carbonyl (C=O) groups excluding carboxylic acids is 1. The van der Waals surface area contributed by atoms with Crippen LogP contribution in [-0.4, -0.2) is 27.4 Å². The van der Waals surface area contributed by atoms with Crippen molar-refractivity contribution in [1.82, 2.24) is 15.5 Å². The van der Waals surface area contributed by atoms with Gasteiger partial charge in [0.1, 0.15) is 5.51 Å². The second kappa shape index (κ2) is 6.02. The summed E-state index contributed by atoms with van der Waals surface area (Å²) in [7, 11) is 0. The van der Waals surface area contributed by atoms with Crippen LogP contribution in [0, 0.1) is 17.8 Å². The molecule has 0 spiro atoms. The van der Waals surface area contributed by atoms with Crippen molar-refractivity contribution in [2.24, 2.45) is 17.8 Å². The monoisotopic (exact) mass is 311 g/mol.